The summed E-state index contributed by atoms with van der Waals surface area (Å²) in [6.07, 6.45) is -3.57. The van der Waals surface area contributed by atoms with Gasteiger partial charge in [-0.2, -0.15) is 29.9 Å². The smallest absolute Gasteiger partial charge is 0.329 e. The molecule has 2 heterocycles. The predicted molar refractivity (Wildman–Crippen MR) is 79.1 cm³/mol. The fourth-order valence-electron chi connectivity index (χ4n) is 2.45. The van der Waals surface area contributed by atoms with Crippen LogP contribution in [0.25, 0.3) is 11.4 Å². The van der Waals surface area contributed by atoms with Crippen molar-refractivity contribution in [2.75, 3.05) is 11.5 Å². The van der Waals surface area contributed by atoms with E-state index in [1.807, 2.05) is 0 Å². The van der Waals surface area contributed by atoms with Crippen LogP contribution in [-0.2, 0) is 6.18 Å². The Balaban J connectivity index is 1.79. The summed E-state index contributed by atoms with van der Waals surface area (Å²) in [5, 5.41) is 3.19. The molecule has 24 heavy (non-hydrogen) atoms. The molecule has 3 rings (SSSR count). The van der Waals surface area contributed by atoms with Gasteiger partial charge >= 0.3 is 12.1 Å². The van der Waals surface area contributed by atoms with Crippen LogP contribution in [0.2, 0.25) is 0 Å². The van der Waals surface area contributed by atoms with Crippen molar-refractivity contribution in [2.45, 2.75) is 19.0 Å². The highest BCUT2D eigenvalue weighted by Crippen LogP contribution is 2.31. The number of hydrogen-bond acceptors (Lipinski definition) is 5. The summed E-state index contributed by atoms with van der Waals surface area (Å²) in [5.74, 6) is -0.873. The summed E-state index contributed by atoms with van der Waals surface area (Å²) < 4.78 is 55.6. The van der Waals surface area contributed by atoms with Crippen molar-refractivity contribution in [1.82, 2.24) is 10.1 Å². The van der Waals surface area contributed by atoms with Crippen LogP contribution in [0.3, 0.4) is 0 Å². The Morgan fingerprint density at radius 2 is 2.17 bits per heavy atom. The van der Waals surface area contributed by atoms with Crippen LogP contribution in [0.5, 0.6) is 0 Å². The molecule has 1 fully saturated rings. The molecule has 128 valence electrons. The summed E-state index contributed by atoms with van der Waals surface area (Å²) in [6, 6.07) is 3.51. The second-order valence-corrected chi connectivity index (χ2v) is 6.62. The quantitative estimate of drug-likeness (QED) is 0.604. The van der Waals surface area contributed by atoms with E-state index in [4.69, 9.17) is 0 Å². The van der Waals surface area contributed by atoms with Crippen LogP contribution in [0.15, 0.2) is 22.7 Å². The third kappa shape index (κ3) is 3.61. The van der Waals surface area contributed by atoms with Gasteiger partial charge in [-0.1, -0.05) is 11.2 Å². The van der Waals surface area contributed by atoms with Gasteiger partial charge in [0, 0.05) is 12.0 Å². The molecule has 1 aromatic heterocycles. The Morgan fingerprint density at radius 1 is 1.38 bits per heavy atom. The lowest BCUT2D eigenvalue weighted by Crippen LogP contribution is -2.10. The maximum absolute atomic E-state index is 14.2. The van der Waals surface area contributed by atoms with E-state index in [9.17, 15) is 22.4 Å². The lowest BCUT2D eigenvalue weighted by Gasteiger charge is -2.08. The zero-order chi connectivity index (χ0) is 17.3. The Hall–Kier alpha value is -1.90. The lowest BCUT2D eigenvalue weighted by molar-refractivity contribution is -0.159. The normalized spacial score (nSPS) is 18.1. The third-order valence-corrected chi connectivity index (χ3v) is 4.93. The number of ketones is 1. The Kier molecular flexibility index (Phi) is 4.62. The second kappa shape index (κ2) is 6.54. The number of carbonyl (C=O) groups excluding carboxylic acids is 1. The molecule has 0 aliphatic carbocycles. The fraction of sp³-hybridized carbons (Fsp3) is 0.400. The first-order chi connectivity index (χ1) is 11.3. The zero-order valence-electron chi connectivity index (χ0n) is 12.3. The Bertz CT molecular complexity index is 754. The van der Waals surface area contributed by atoms with E-state index >= 15 is 0 Å². The van der Waals surface area contributed by atoms with Crippen molar-refractivity contribution < 1.29 is 26.9 Å². The predicted octanol–water partition coefficient (Wildman–Crippen LogP) is 4.22. The second-order valence-electron chi connectivity index (χ2n) is 5.47. The van der Waals surface area contributed by atoms with Crippen LogP contribution in [0, 0.1) is 11.7 Å². The van der Waals surface area contributed by atoms with Gasteiger partial charge in [-0.3, -0.25) is 4.79 Å². The first-order valence-electron chi connectivity index (χ1n) is 7.16. The molecule has 1 aromatic carbocycles. The van der Waals surface area contributed by atoms with E-state index < -0.39 is 17.9 Å². The monoisotopic (exact) mass is 360 g/mol. The van der Waals surface area contributed by atoms with Crippen molar-refractivity contribution in [3.63, 3.8) is 0 Å². The average Bonchev–Trinajstić information content (AvgIpc) is 3.17. The van der Waals surface area contributed by atoms with Crippen LogP contribution < -0.4 is 0 Å². The first kappa shape index (κ1) is 16.9. The minimum atomic E-state index is -4.76. The van der Waals surface area contributed by atoms with Crippen molar-refractivity contribution in [3.05, 3.63) is 35.5 Å². The van der Waals surface area contributed by atoms with E-state index in [-0.39, 0.29) is 35.1 Å². The van der Waals surface area contributed by atoms with Crippen LogP contribution >= 0.6 is 11.8 Å². The molecule has 0 spiro atoms. The van der Waals surface area contributed by atoms with E-state index in [0.29, 0.717) is 0 Å². The fourth-order valence-corrected chi connectivity index (χ4v) is 3.74. The van der Waals surface area contributed by atoms with Crippen molar-refractivity contribution >= 4 is 17.5 Å². The van der Waals surface area contributed by atoms with E-state index in [0.717, 1.165) is 24.0 Å². The molecule has 0 bridgehead atoms. The van der Waals surface area contributed by atoms with Crippen molar-refractivity contribution in [1.29, 1.82) is 0 Å². The number of alkyl halides is 3. The van der Waals surface area contributed by atoms with Gasteiger partial charge in [-0.25, -0.2) is 4.39 Å². The molecule has 9 heteroatoms. The summed E-state index contributed by atoms with van der Waals surface area (Å²) in [4.78, 5) is 15.4. The van der Waals surface area contributed by atoms with Crippen molar-refractivity contribution in [3.8, 4) is 11.4 Å². The Labute approximate surface area is 138 Å². The van der Waals surface area contributed by atoms with E-state index in [1.54, 1.807) is 11.8 Å². The number of thioether (sulfide) groups is 1. The molecule has 0 N–H and O–H groups in total. The highest BCUT2D eigenvalue weighted by Gasteiger charge is 2.38. The van der Waals surface area contributed by atoms with Crippen LogP contribution in [-0.4, -0.2) is 27.4 Å². The summed E-state index contributed by atoms with van der Waals surface area (Å²) in [5.41, 5.74) is -0.0603. The molecule has 1 saturated heterocycles. The van der Waals surface area contributed by atoms with Crippen molar-refractivity contribution in [2.24, 2.45) is 5.92 Å². The van der Waals surface area contributed by atoms with Crippen LogP contribution in [0.4, 0.5) is 17.6 Å². The van der Waals surface area contributed by atoms with Gasteiger partial charge in [0.1, 0.15) is 5.82 Å². The topological polar surface area (TPSA) is 56.0 Å². The minimum Gasteiger partial charge on any atom is -0.329 e. The molecule has 0 radical (unpaired) electrons. The highest BCUT2D eigenvalue weighted by atomic mass is 32.2. The zero-order valence-corrected chi connectivity index (χ0v) is 13.1. The highest BCUT2D eigenvalue weighted by molar-refractivity contribution is 7.99. The number of aromatic nitrogens is 2. The SMILES string of the molecule is O=C(CC1CCSC1)c1ccc(-c2noc(C(F)(F)F)n2)cc1F. The van der Waals surface area contributed by atoms with Gasteiger partial charge in [0.2, 0.25) is 5.82 Å². The molecule has 1 unspecified atom stereocenters. The standard InChI is InChI=1S/C15H12F4N2O2S/c16-11-6-9(13-20-14(23-21-13)15(17,18)19)1-2-10(11)12(22)5-8-3-4-24-7-8/h1-2,6,8H,3-5,7H2. The lowest BCUT2D eigenvalue weighted by atomic mass is 9.97. The van der Waals surface area contributed by atoms with E-state index in [2.05, 4.69) is 14.7 Å². The molecule has 4 nitrogen and oxygen atoms in total. The molecule has 1 aliphatic heterocycles. The summed E-state index contributed by atoms with van der Waals surface area (Å²) in [7, 11) is 0. The maximum Gasteiger partial charge on any atom is 0.471 e. The number of halogens is 4. The minimum absolute atomic E-state index is 0.0136. The first-order valence-corrected chi connectivity index (χ1v) is 8.32. The maximum atomic E-state index is 14.2. The Morgan fingerprint density at radius 3 is 2.75 bits per heavy atom. The van der Waals surface area contributed by atoms with Gasteiger partial charge in [0.25, 0.3) is 0 Å². The largest absolute Gasteiger partial charge is 0.471 e. The van der Waals surface area contributed by atoms with Gasteiger partial charge in [0.15, 0.2) is 5.78 Å². The number of Topliss-reactive ketones (excluding diaryl/α,β-unsaturated/α-hetero) is 1. The van der Waals surface area contributed by atoms with Gasteiger partial charge in [-0.15, -0.1) is 0 Å². The molecular weight excluding hydrogens is 348 g/mol. The number of rotatable bonds is 4. The number of benzene rings is 1. The van der Waals surface area contributed by atoms with Gasteiger partial charge < -0.3 is 4.52 Å². The van der Waals surface area contributed by atoms with Gasteiger partial charge in [-0.05, 0) is 36.0 Å². The number of carbonyl (C=O) groups is 1. The van der Waals surface area contributed by atoms with E-state index in [1.165, 1.54) is 12.1 Å². The molecule has 1 aliphatic rings. The molecule has 0 saturated carbocycles. The summed E-state index contributed by atoms with van der Waals surface area (Å²) >= 11 is 1.76. The van der Waals surface area contributed by atoms with Crippen LogP contribution in [0.1, 0.15) is 29.1 Å². The number of hydrogen-bond donors (Lipinski definition) is 0. The summed E-state index contributed by atoms with van der Waals surface area (Å²) in [6.45, 7) is 0. The molecule has 0 amide bonds. The molecule has 1 atom stereocenters. The van der Waals surface area contributed by atoms with Gasteiger partial charge in [0.05, 0.1) is 5.56 Å². The molecule has 2 aromatic rings. The number of nitrogens with zero attached hydrogens (tertiary/aromatic N) is 2. The molecular formula is C15H12F4N2O2S. The third-order valence-electron chi connectivity index (χ3n) is 3.69. The average molecular weight is 360 g/mol.